The quantitative estimate of drug-likeness (QED) is 0.325. The summed E-state index contributed by atoms with van der Waals surface area (Å²) in [6, 6.07) is 6.37. The molecule has 1 aromatic carbocycles. The van der Waals surface area contributed by atoms with Gasteiger partial charge in [-0.05, 0) is 29.9 Å². The molecule has 7 heteroatoms. The maximum absolute atomic E-state index is 12.1. The average molecular weight is 331 g/mol. The summed E-state index contributed by atoms with van der Waals surface area (Å²) in [5, 5.41) is 7.53. The van der Waals surface area contributed by atoms with E-state index >= 15 is 0 Å². The predicted molar refractivity (Wildman–Crippen MR) is 90.2 cm³/mol. The Balaban J connectivity index is 2.57. The van der Waals surface area contributed by atoms with Crippen LogP contribution in [0.5, 0.6) is 0 Å². The number of aliphatic imine (C=N–C) groups is 1. The van der Waals surface area contributed by atoms with E-state index in [2.05, 4.69) is 38.9 Å². The topological polar surface area (TPSA) is 79.8 Å². The molecule has 0 spiro atoms. The van der Waals surface area contributed by atoms with Crippen molar-refractivity contribution in [3.8, 4) is 12.3 Å². The number of ether oxygens (including phenoxy) is 1. The summed E-state index contributed by atoms with van der Waals surface area (Å²) >= 11 is 4.53. The Morgan fingerprint density at radius 2 is 2.09 bits per heavy atom. The number of nitrogens with one attached hydrogen (secondary N) is 2. The van der Waals surface area contributed by atoms with E-state index in [0.717, 1.165) is 5.56 Å². The van der Waals surface area contributed by atoms with Crippen molar-refractivity contribution in [3.63, 3.8) is 0 Å². The van der Waals surface area contributed by atoms with Gasteiger partial charge in [-0.15, -0.1) is 6.42 Å². The highest BCUT2D eigenvalue weighted by Gasteiger charge is 2.19. The van der Waals surface area contributed by atoms with Gasteiger partial charge < -0.3 is 15.4 Å². The molecule has 120 valence electrons. The summed E-state index contributed by atoms with van der Waals surface area (Å²) in [5.74, 6) is 1.63. The third kappa shape index (κ3) is 7.34. The normalized spacial score (nSPS) is 10.8. The number of rotatable bonds is 8. The van der Waals surface area contributed by atoms with Gasteiger partial charge in [-0.25, -0.2) is 0 Å². The molecule has 0 saturated carbocycles. The fraction of sp³-hybridized carbons (Fsp3) is 0.312. The number of carbonyl (C=O) groups is 2. The molecule has 0 aliphatic rings. The van der Waals surface area contributed by atoms with E-state index in [9.17, 15) is 9.59 Å². The first-order chi connectivity index (χ1) is 11.1. The van der Waals surface area contributed by atoms with E-state index < -0.39 is 6.04 Å². The van der Waals surface area contributed by atoms with Crippen LogP contribution < -0.4 is 10.6 Å². The van der Waals surface area contributed by atoms with Gasteiger partial charge in [0.05, 0.1) is 17.5 Å². The van der Waals surface area contributed by atoms with Crippen LogP contribution in [0.25, 0.3) is 0 Å². The molecule has 0 heterocycles. The van der Waals surface area contributed by atoms with Crippen LogP contribution in [0.4, 0.5) is 5.69 Å². The van der Waals surface area contributed by atoms with Crippen LogP contribution in [0.1, 0.15) is 12.5 Å². The zero-order valence-electron chi connectivity index (χ0n) is 12.7. The molecule has 1 rings (SSSR count). The molecule has 0 bridgehead atoms. The number of benzene rings is 1. The molecular weight excluding hydrogens is 314 g/mol. The Morgan fingerprint density at radius 1 is 1.39 bits per heavy atom. The highest BCUT2D eigenvalue weighted by atomic mass is 32.1. The van der Waals surface area contributed by atoms with Gasteiger partial charge in [0, 0.05) is 13.5 Å². The summed E-state index contributed by atoms with van der Waals surface area (Å²) in [6.45, 7) is 1.73. The molecule has 2 amide bonds. The van der Waals surface area contributed by atoms with Crippen molar-refractivity contribution >= 4 is 34.9 Å². The molecule has 1 aromatic rings. The number of amides is 2. The van der Waals surface area contributed by atoms with E-state index in [1.807, 2.05) is 12.1 Å². The van der Waals surface area contributed by atoms with Gasteiger partial charge in [-0.3, -0.25) is 9.59 Å². The number of isothiocyanates is 1. The fourth-order valence-electron chi connectivity index (χ4n) is 1.72. The van der Waals surface area contributed by atoms with Crippen LogP contribution in [-0.2, 0) is 20.9 Å². The lowest BCUT2D eigenvalue weighted by molar-refractivity contribution is -0.129. The molecule has 1 atom stereocenters. The second-order valence-corrected chi connectivity index (χ2v) is 4.74. The summed E-state index contributed by atoms with van der Waals surface area (Å²) in [7, 11) is 0. The first kappa shape index (κ1) is 18.5. The van der Waals surface area contributed by atoms with E-state index in [1.165, 1.54) is 6.92 Å². The molecule has 0 saturated heterocycles. The van der Waals surface area contributed by atoms with Crippen LogP contribution in [0.3, 0.4) is 0 Å². The summed E-state index contributed by atoms with van der Waals surface area (Å²) in [4.78, 5) is 27.1. The molecule has 0 radical (unpaired) electrons. The predicted octanol–water partition coefficient (Wildman–Crippen LogP) is 1.19. The molecular formula is C16H17N3O3S. The minimum atomic E-state index is -0.792. The lowest BCUT2D eigenvalue weighted by Crippen LogP contribution is -2.48. The van der Waals surface area contributed by atoms with Crippen LogP contribution in [0.15, 0.2) is 29.3 Å². The van der Waals surface area contributed by atoms with Crippen LogP contribution in [0.2, 0.25) is 0 Å². The first-order valence-corrected chi connectivity index (χ1v) is 7.20. The third-order valence-electron chi connectivity index (χ3n) is 2.74. The second-order valence-electron chi connectivity index (χ2n) is 4.56. The standard InChI is InChI=1S/C16H17N3O3S/c1-3-8-22-10-15(19-12(2)20)16(21)17-9-13-4-6-14(7-5-13)18-11-23/h1,4-7,15H,8-10H2,2H3,(H,17,21)(H,19,20)/t15-/m0/s1. The maximum atomic E-state index is 12.1. The Kier molecular flexibility index (Phi) is 8.25. The molecule has 2 N–H and O–H groups in total. The van der Waals surface area contributed by atoms with E-state index in [4.69, 9.17) is 11.2 Å². The Hall–Kier alpha value is -2.52. The number of nitrogens with zero attached hydrogens (tertiary/aromatic N) is 1. The highest BCUT2D eigenvalue weighted by Crippen LogP contribution is 2.12. The number of hydrogen-bond acceptors (Lipinski definition) is 5. The van der Waals surface area contributed by atoms with Crippen molar-refractivity contribution in [2.24, 2.45) is 4.99 Å². The molecule has 23 heavy (non-hydrogen) atoms. The van der Waals surface area contributed by atoms with Crippen molar-refractivity contribution in [2.75, 3.05) is 13.2 Å². The smallest absolute Gasteiger partial charge is 0.245 e. The number of terminal acetylenes is 1. The molecule has 0 aromatic heterocycles. The Bertz CT molecular complexity index is 631. The van der Waals surface area contributed by atoms with Crippen molar-refractivity contribution < 1.29 is 14.3 Å². The van der Waals surface area contributed by atoms with Gasteiger partial charge in [-0.2, -0.15) is 4.99 Å². The van der Waals surface area contributed by atoms with Crippen molar-refractivity contribution in [2.45, 2.75) is 19.5 Å². The molecule has 0 fully saturated rings. The Labute approximate surface area is 140 Å². The molecule has 0 aliphatic heterocycles. The van der Waals surface area contributed by atoms with Gasteiger partial charge in [-0.1, -0.05) is 18.1 Å². The minimum absolute atomic E-state index is 0.0118. The monoisotopic (exact) mass is 331 g/mol. The first-order valence-electron chi connectivity index (χ1n) is 6.79. The van der Waals surface area contributed by atoms with Crippen molar-refractivity contribution in [1.29, 1.82) is 0 Å². The Morgan fingerprint density at radius 3 is 2.65 bits per heavy atom. The minimum Gasteiger partial charge on any atom is -0.366 e. The maximum Gasteiger partial charge on any atom is 0.245 e. The molecule has 0 unspecified atom stereocenters. The fourth-order valence-corrected chi connectivity index (χ4v) is 1.82. The SMILES string of the molecule is C#CCOC[C@H](NC(C)=O)C(=O)NCc1ccc(N=C=S)cc1. The zero-order valence-corrected chi connectivity index (χ0v) is 13.5. The number of thiocarbonyl (C=S) groups is 1. The lowest BCUT2D eigenvalue weighted by atomic mass is 10.2. The van der Waals surface area contributed by atoms with Gasteiger partial charge in [0.1, 0.15) is 12.6 Å². The lowest BCUT2D eigenvalue weighted by Gasteiger charge is -2.17. The van der Waals surface area contributed by atoms with E-state index in [-0.39, 0.29) is 25.0 Å². The van der Waals surface area contributed by atoms with E-state index in [1.54, 1.807) is 12.1 Å². The second kappa shape index (κ2) is 10.2. The summed E-state index contributed by atoms with van der Waals surface area (Å²) in [6.07, 6.45) is 5.08. The van der Waals surface area contributed by atoms with Crippen LogP contribution >= 0.6 is 12.2 Å². The average Bonchev–Trinajstić information content (AvgIpc) is 2.53. The highest BCUT2D eigenvalue weighted by molar-refractivity contribution is 7.78. The molecule has 0 aliphatic carbocycles. The van der Waals surface area contributed by atoms with Gasteiger partial charge in [0.15, 0.2) is 0 Å². The van der Waals surface area contributed by atoms with Crippen LogP contribution in [0, 0.1) is 12.3 Å². The van der Waals surface area contributed by atoms with Crippen molar-refractivity contribution in [3.05, 3.63) is 29.8 Å². The van der Waals surface area contributed by atoms with Gasteiger partial charge >= 0.3 is 0 Å². The van der Waals surface area contributed by atoms with Gasteiger partial charge in [0.2, 0.25) is 11.8 Å². The zero-order chi connectivity index (χ0) is 17.1. The number of carbonyl (C=O) groups excluding carboxylic acids is 2. The largest absolute Gasteiger partial charge is 0.366 e. The summed E-state index contributed by atoms with van der Waals surface area (Å²) in [5.41, 5.74) is 1.57. The van der Waals surface area contributed by atoms with E-state index in [0.29, 0.717) is 12.2 Å². The summed E-state index contributed by atoms with van der Waals surface area (Å²) < 4.78 is 5.12. The van der Waals surface area contributed by atoms with Crippen molar-refractivity contribution in [1.82, 2.24) is 10.6 Å². The number of hydrogen-bond donors (Lipinski definition) is 2. The van der Waals surface area contributed by atoms with Gasteiger partial charge in [0.25, 0.3) is 0 Å². The van der Waals surface area contributed by atoms with Crippen LogP contribution in [-0.4, -0.2) is 36.2 Å². The molecule has 6 nitrogen and oxygen atoms in total. The third-order valence-corrected chi connectivity index (χ3v) is 2.83.